The van der Waals surface area contributed by atoms with Crippen molar-refractivity contribution in [2.24, 2.45) is 82.5 Å². The second kappa shape index (κ2) is 18.9. The van der Waals surface area contributed by atoms with Gasteiger partial charge in [-0.25, -0.2) is 4.79 Å². The maximum absolute atomic E-state index is 14.4. The maximum atomic E-state index is 14.4. The highest BCUT2D eigenvalue weighted by atomic mass is 16.6. The molecular formula is C46H77N5O9. The average molecular weight is 844 g/mol. The zero-order valence-electron chi connectivity index (χ0n) is 36.3. The molecule has 3 aliphatic carbocycles. The summed E-state index contributed by atoms with van der Waals surface area (Å²) in [5.41, 5.74) is 13.2. The average Bonchev–Trinajstić information content (AvgIpc) is 3.28. The molecule has 5 saturated heterocycles. The van der Waals surface area contributed by atoms with Gasteiger partial charge >= 0.3 is 5.97 Å². The van der Waals surface area contributed by atoms with E-state index in [1.807, 2.05) is 13.8 Å². The van der Waals surface area contributed by atoms with Crippen molar-refractivity contribution in [1.82, 2.24) is 16.0 Å². The summed E-state index contributed by atoms with van der Waals surface area (Å²) in [6, 6.07) is 0. The SMILES string of the molecule is CC=C(CNCC)C(=O)OC1CC2C(O)C3C(=O)CC(CO)OC3C3C2OC1(C)C(CC1CCC(N)NC1)CC1CCC2CCC(O)CC2C(CO)C3C2CCNC(N)C12. The third-order valence-electron chi connectivity index (χ3n) is 17.6. The van der Waals surface area contributed by atoms with Crippen LogP contribution in [0.15, 0.2) is 11.6 Å². The number of nitrogens with one attached hydrogen (secondary N) is 3. The van der Waals surface area contributed by atoms with Gasteiger partial charge in [-0.05, 0) is 157 Å². The number of piperidine rings is 2. The number of allylic oxidation sites excluding steroid dienone is 1. The van der Waals surface area contributed by atoms with Crippen LogP contribution in [-0.2, 0) is 23.8 Å². The summed E-state index contributed by atoms with van der Waals surface area (Å²) in [6.45, 7) is 8.12. The van der Waals surface area contributed by atoms with Crippen molar-refractivity contribution >= 4 is 11.8 Å². The molecule has 21 atom stereocenters. The normalized spacial score (nSPS) is 49.6. The second-order valence-corrected chi connectivity index (χ2v) is 20.6. The topological polar surface area (TPSA) is 231 Å². The molecule has 11 N–H and O–H groups in total. The summed E-state index contributed by atoms with van der Waals surface area (Å²) in [6.07, 6.45) is 5.77. The monoisotopic (exact) mass is 844 g/mol. The van der Waals surface area contributed by atoms with Crippen LogP contribution in [0.4, 0.5) is 0 Å². The van der Waals surface area contributed by atoms with Gasteiger partial charge in [0.2, 0.25) is 0 Å². The van der Waals surface area contributed by atoms with E-state index in [0.717, 1.165) is 64.3 Å². The third-order valence-corrected chi connectivity index (χ3v) is 17.6. The van der Waals surface area contributed by atoms with Crippen LogP contribution in [0.1, 0.15) is 97.8 Å². The fourth-order valence-electron chi connectivity index (χ4n) is 14.7. The van der Waals surface area contributed by atoms with Gasteiger partial charge in [-0.3, -0.25) is 4.79 Å². The van der Waals surface area contributed by atoms with E-state index in [0.29, 0.717) is 49.9 Å². The lowest BCUT2D eigenvalue weighted by molar-refractivity contribution is -0.311. The Labute approximate surface area is 357 Å². The standard InChI is InChI=1S/C46H77N5O9/c1-4-24(20-49-5-2)45(57)59-35-18-32-41(56)39-34(55)17-29(21-52)58-43(39)40-38-30-12-13-50-44(48)37(30)26(8-7-25-9-10-28(54)16-31(25)33(38)22-53)15-27(46(35,3)60-42(32)40)14-23-6-11-36(47)51-19-23/h4,23,25-33,35-44,49-54,56H,5-22,47-48H2,1-3H3. The predicted octanol–water partition coefficient (Wildman–Crippen LogP) is 1.56. The molecule has 0 aromatic rings. The van der Waals surface area contributed by atoms with Gasteiger partial charge in [-0.1, -0.05) is 13.0 Å². The van der Waals surface area contributed by atoms with Gasteiger partial charge in [0.1, 0.15) is 17.5 Å². The van der Waals surface area contributed by atoms with Gasteiger partial charge in [0.05, 0.1) is 55.4 Å². The minimum absolute atomic E-state index is 0.0000326. The Balaban J connectivity index is 1.33. The van der Waals surface area contributed by atoms with Gasteiger partial charge < -0.3 is 62.1 Å². The van der Waals surface area contributed by atoms with Gasteiger partial charge in [-0.2, -0.15) is 0 Å². The number of esters is 1. The van der Waals surface area contributed by atoms with Crippen LogP contribution in [0.3, 0.4) is 0 Å². The summed E-state index contributed by atoms with van der Waals surface area (Å²) in [5, 5.41) is 56.8. The first kappa shape index (κ1) is 45.0. The molecular weight excluding hydrogens is 767 g/mol. The number of hydrogen-bond donors (Lipinski definition) is 9. The van der Waals surface area contributed by atoms with Crippen molar-refractivity contribution in [1.29, 1.82) is 0 Å². The van der Waals surface area contributed by atoms with E-state index in [1.165, 1.54) is 0 Å². The van der Waals surface area contributed by atoms with E-state index in [9.17, 15) is 30.0 Å². The highest BCUT2D eigenvalue weighted by molar-refractivity contribution is 5.89. The molecule has 14 heteroatoms. The molecule has 0 aromatic carbocycles. The van der Waals surface area contributed by atoms with Crippen LogP contribution in [0.5, 0.6) is 0 Å². The third kappa shape index (κ3) is 8.43. The molecule has 8 aliphatic rings. The van der Waals surface area contributed by atoms with Crippen LogP contribution in [0, 0.1) is 71.0 Å². The number of carbonyl (C=O) groups excluding carboxylic acids is 2. The minimum atomic E-state index is -1.13. The molecule has 8 rings (SSSR count). The van der Waals surface area contributed by atoms with Gasteiger partial charge in [0.15, 0.2) is 0 Å². The summed E-state index contributed by atoms with van der Waals surface area (Å²) in [7, 11) is 0. The van der Waals surface area contributed by atoms with Crippen LogP contribution in [0.2, 0.25) is 0 Å². The Morgan fingerprint density at radius 1 is 0.933 bits per heavy atom. The van der Waals surface area contributed by atoms with E-state index in [-0.39, 0.29) is 79.2 Å². The number of Topliss-reactive ketones (excluding diaryl/α,β-unsaturated/α-hetero) is 1. The Kier molecular flexibility index (Phi) is 14.2. The van der Waals surface area contributed by atoms with Crippen molar-refractivity contribution in [2.45, 2.75) is 152 Å². The molecule has 60 heavy (non-hydrogen) atoms. The number of nitrogens with two attached hydrogens (primary N) is 2. The zero-order valence-corrected chi connectivity index (χ0v) is 36.3. The first-order valence-corrected chi connectivity index (χ1v) is 23.9. The molecule has 3 saturated carbocycles. The highest BCUT2D eigenvalue weighted by Crippen LogP contribution is 2.61. The summed E-state index contributed by atoms with van der Waals surface area (Å²) in [4.78, 5) is 28.7. The Bertz CT molecular complexity index is 1530. The van der Waals surface area contributed by atoms with Crippen LogP contribution in [0.25, 0.3) is 0 Å². The van der Waals surface area contributed by atoms with Crippen LogP contribution >= 0.6 is 0 Å². The Morgan fingerprint density at radius 2 is 1.72 bits per heavy atom. The number of hydrogen-bond acceptors (Lipinski definition) is 14. The highest BCUT2D eigenvalue weighted by Gasteiger charge is 2.67. The predicted molar refractivity (Wildman–Crippen MR) is 225 cm³/mol. The molecule has 5 aliphatic heterocycles. The number of aliphatic hydroxyl groups is 4. The molecule has 0 aromatic heterocycles. The van der Waals surface area contributed by atoms with Crippen LogP contribution in [-0.4, -0.2) is 126 Å². The smallest absolute Gasteiger partial charge is 0.335 e. The van der Waals surface area contributed by atoms with Gasteiger partial charge in [0, 0.05) is 37.0 Å². The largest absolute Gasteiger partial charge is 0.456 e. The lowest BCUT2D eigenvalue weighted by atomic mass is 9.50. The summed E-state index contributed by atoms with van der Waals surface area (Å²) < 4.78 is 21.4. The number of carbonyl (C=O) groups is 2. The number of ketones is 1. The minimum Gasteiger partial charge on any atom is -0.456 e. The van der Waals surface area contributed by atoms with E-state index in [4.69, 9.17) is 25.7 Å². The first-order chi connectivity index (χ1) is 28.9. The van der Waals surface area contributed by atoms with Crippen LogP contribution < -0.4 is 27.4 Å². The Hall–Kier alpha value is -1.56. The number of likely N-dealkylation sites (N-methyl/N-ethyl adjacent to an activating group) is 1. The lowest BCUT2D eigenvalue weighted by Crippen LogP contribution is -2.72. The molecule has 0 radical (unpaired) electrons. The van der Waals surface area contributed by atoms with Gasteiger partial charge in [-0.15, -0.1) is 0 Å². The quantitative estimate of drug-likeness (QED) is 0.119. The number of aliphatic hydroxyl groups excluding tert-OH is 4. The summed E-state index contributed by atoms with van der Waals surface area (Å²) in [5.74, 6) is -2.07. The van der Waals surface area contributed by atoms with E-state index in [1.54, 1.807) is 6.08 Å². The molecule has 0 amide bonds. The first-order valence-electron chi connectivity index (χ1n) is 23.9. The maximum Gasteiger partial charge on any atom is 0.335 e. The Morgan fingerprint density at radius 3 is 2.43 bits per heavy atom. The fraction of sp³-hybridized carbons (Fsp3) is 0.913. The van der Waals surface area contributed by atoms with Crippen molar-refractivity contribution in [3.05, 3.63) is 11.6 Å². The molecule has 4 bridgehead atoms. The zero-order chi connectivity index (χ0) is 42.5. The van der Waals surface area contributed by atoms with Gasteiger partial charge in [0.25, 0.3) is 0 Å². The second-order valence-electron chi connectivity index (χ2n) is 20.6. The van der Waals surface area contributed by atoms with Crippen molar-refractivity contribution in [3.63, 3.8) is 0 Å². The molecule has 340 valence electrons. The molecule has 8 fully saturated rings. The molecule has 21 unspecified atom stereocenters. The fourth-order valence-corrected chi connectivity index (χ4v) is 14.7. The number of ether oxygens (including phenoxy) is 3. The van der Waals surface area contributed by atoms with E-state index < -0.39 is 65.9 Å². The van der Waals surface area contributed by atoms with E-state index >= 15 is 0 Å². The summed E-state index contributed by atoms with van der Waals surface area (Å²) >= 11 is 0. The lowest BCUT2D eigenvalue weighted by Gasteiger charge is -2.63. The number of fused-ring (bicyclic) bond motifs is 5. The molecule has 0 spiro atoms. The van der Waals surface area contributed by atoms with Crippen molar-refractivity contribution in [3.8, 4) is 0 Å². The number of rotatable bonds is 9. The van der Waals surface area contributed by atoms with E-state index in [2.05, 4.69) is 22.9 Å². The van der Waals surface area contributed by atoms with Crippen molar-refractivity contribution in [2.75, 3.05) is 39.4 Å². The van der Waals surface area contributed by atoms with Crippen molar-refractivity contribution < 1.29 is 44.2 Å². The molecule has 14 nitrogen and oxygen atoms in total. The molecule has 5 heterocycles.